The third-order valence-corrected chi connectivity index (χ3v) is 7.07. The number of benzene rings is 2. The molecule has 1 N–H and O–H groups in total. The molecular formula is C26H35F2N3O4S. The Balaban J connectivity index is 2.23. The summed E-state index contributed by atoms with van der Waals surface area (Å²) in [5, 5.41) is 2.86. The van der Waals surface area contributed by atoms with Crippen LogP contribution in [0, 0.1) is 18.6 Å². The van der Waals surface area contributed by atoms with Crippen molar-refractivity contribution >= 4 is 27.5 Å². The SMILES string of the molecule is CCCNC(=O)[C@H](CC)N(Cc1ccccc1C)C(=O)CCCN(c1ccc(F)c(F)c1)S(C)(=O)=O. The normalized spacial score (nSPS) is 12.2. The van der Waals surface area contributed by atoms with Gasteiger partial charge < -0.3 is 10.2 Å². The van der Waals surface area contributed by atoms with Crippen LogP contribution >= 0.6 is 0 Å². The maximum atomic E-state index is 13.7. The Morgan fingerprint density at radius 2 is 1.75 bits per heavy atom. The van der Waals surface area contributed by atoms with Crippen LogP contribution in [-0.2, 0) is 26.2 Å². The van der Waals surface area contributed by atoms with Gasteiger partial charge in [0.25, 0.3) is 0 Å². The molecule has 0 radical (unpaired) electrons. The Labute approximate surface area is 212 Å². The minimum atomic E-state index is -3.81. The highest BCUT2D eigenvalue weighted by molar-refractivity contribution is 7.92. The monoisotopic (exact) mass is 523 g/mol. The molecule has 0 saturated heterocycles. The number of rotatable bonds is 13. The largest absolute Gasteiger partial charge is 0.354 e. The summed E-state index contributed by atoms with van der Waals surface area (Å²) in [5.41, 5.74) is 1.87. The minimum absolute atomic E-state index is 0.0222. The number of halogens is 2. The molecule has 2 aromatic rings. The number of nitrogens with zero attached hydrogens (tertiary/aromatic N) is 2. The van der Waals surface area contributed by atoms with Gasteiger partial charge >= 0.3 is 0 Å². The standard InChI is InChI=1S/C26H35F2N3O4S/c1-5-15-29-26(33)24(6-2)30(18-20-11-8-7-10-19(20)3)25(32)12-9-16-31(36(4,34)35)21-13-14-22(27)23(28)17-21/h7-8,10-11,13-14,17,24H,5-6,9,12,15-16,18H2,1-4H3,(H,29,33)/t24-/m0/s1. The summed E-state index contributed by atoms with van der Waals surface area (Å²) in [7, 11) is -3.81. The van der Waals surface area contributed by atoms with Crippen LogP contribution in [0.15, 0.2) is 42.5 Å². The molecule has 7 nitrogen and oxygen atoms in total. The fourth-order valence-electron chi connectivity index (χ4n) is 3.90. The predicted molar refractivity (Wildman–Crippen MR) is 137 cm³/mol. The molecule has 2 amide bonds. The first-order valence-corrected chi connectivity index (χ1v) is 13.9. The lowest BCUT2D eigenvalue weighted by atomic mass is 10.1. The van der Waals surface area contributed by atoms with E-state index in [4.69, 9.17) is 0 Å². The van der Waals surface area contributed by atoms with Gasteiger partial charge in [0.1, 0.15) is 6.04 Å². The highest BCUT2D eigenvalue weighted by Crippen LogP contribution is 2.22. The van der Waals surface area contributed by atoms with Crippen molar-refractivity contribution in [3.63, 3.8) is 0 Å². The molecule has 2 rings (SSSR count). The number of sulfonamides is 1. The molecule has 0 spiro atoms. The highest BCUT2D eigenvalue weighted by Gasteiger charge is 2.29. The van der Waals surface area contributed by atoms with Gasteiger partial charge in [-0.25, -0.2) is 17.2 Å². The van der Waals surface area contributed by atoms with Gasteiger partial charge in [0, 0.05) is 32.1 Å². The van der Waals surface area contributed by atoms with E-state index in [-0.39, 0.29) is 43.4 Å². The van der Waals surface area contributed by atoms with E-state index in [0.717, 1.165) is 40.2 Å². The summed E-state index contributed by atoms with van der Waals surface area (Å²) in [5.74, 6) is -2.77. The Hall–Kier alpha value is -3.01. The first-order valence-electron chi connectivity index (χ1n) is 12.0. The third kappa shape index (κ3) is 8.01. The average Bonchev–Trinajstić information content (AvgIpc) is 2.82. The smallest absolute Gasteiger partial charge is 0.242 e. The van der Waals surface area contributed by atoms with Gasteiger partial charge in [0.2, 0.25) is 21.8 Å². The van der Waals surface area contributed by atoms with E-state index in [1.165, 1.54) is 11.0 Å². The highest BCUT2D eigenvalue weighted by atomic mass is 32.2. The number of anilines is 1. The van der Waals surface area contributed by atoms with E-state index < -0.39 is 27.7 Å². The maximum Gasteiger partial charge on any atom is 0.242 e. The zero-order valence-corrected chi connectivity index (χ0v) is 22.1. The van der Waals surface area contributed by atoms with E-state index >= 15 is 0 Å². The molecular weight excluding hydrogens is 488 g/mol. The molecule has 0 unspecified atom stereocenters. The van der Waals surface area contributed by atoms with Crippen LogP contribution in [0.25, 0.3) is 0 Å². The Morgan fingerprint density at radius 3 is 2.33 bits per heavy atom. The van der Waals surface area contributed by atoms with Gasteiger partial charge in [-0.15, -0.1) is 0 Å². The van der Waals surface area contributed by atoms with Crippen molar-refractivity contribution in [2.75, 3.05) is 23.7 Å². The number of hydrogen-bond acceptors (Lipinski definition) is 4. The number of carbonyl (C=O) groups excluding carboxylic acids is 2. The van der Waals surface area contributed by atoms with E-state index in [2.05, 4.69) is 5.32 Å². The van der Waals surface area contributed by atoms with Crippen molar-refractivity contribution in [1.82, 2.24) is 10.2 Å². The molecule has 1 atom stereocenters. The number of hydrogen-bond donors (Lipinski definition) is 1. The Bertz CT molecular complexity index is 1160. The molecule has 36 heavy (non-hydrogen) atoms. The lowest BCUT2D eigenvalue weighted by Gasteiger charge is -2.31. The van der Waals surface area contributed by atoms with Crippen LogP contribution in [-0.4, -0.2) is 50.5 Å². The van der Waals surface area contributed by atoms with Crippen LogP contribution in [0.3, 0.4) is 0 Å². The van der Waals surface area contributed by atoms with Gasteiger partial charge in [-0.1, -0.05) is 38.1 Å². The molecule has 0 aliphatic carbocycles. The van der Waals surface area contributed by atoms with E-state index in [9.17, 15) is 26.8 Å². The molecule has 0 aliphatic heterocycles. The minimum Gasteiger partial charge on any atom is -0.354 e. The van der Waals surface area contributed by atoms with Gasteiger partial charge in [-0.2, -0.15) is 0 Å². The van der Waals surface area contributed by atoms with Crippen molar-refractivity contribution < 1.29 is 26.8 Å². The molecule has 0 bridgehead atoms. The fraction of sp³-hybridized carbons (Fsp3) is 0.462. The second-order valence-corrected chi connectivity index (χ2v) is 10.6. The number of carbonyl (C=O) groups is 2. The maximum absolute atomic E-state index is 13.7. The van der Waals surface area contributed by atoms with Gasteiger partial charge in [0.05, 0.1) is 11.9 Å². The van der Waals surface area contributed by atoms with E-state index in [1.807, 2.05) is 45.0 Å². The van der Waals surface area contributed by atoms with Gasteiger partial charge in [-0.05, 0) is 49.4 Å². The van der Waals surface area contributed by atoms with Gasteiger partial charge in [0.15, 0.2) is 11.6 Å². The third-order valence-electron chi connectivity index (χ3n) is 5.88. The predicted octanol–water partition coefficient (Wildman–Crippen LogP) is 4.15. The lowest BCUT2D eigenvalue weighted by Crippen LogP contribution is -2.49. The van der Waals surface area contributed by atoms with Crippen molar-refractivity contribution in [2.24, 2.45) is 0 Å². The Morgan fingerprint density at radius 1 is 1.06 bits per heavy atom. The molecule has 0 fully saturated rings. The van der Waals surface area contributed by atoms with Gasteiger partial charge in [-0.3, -0.25) is 13.9 Å². The molecule has 198 valence electrons. The van der Waals surface area contributed by atoms with Crippen molar-refractivity contribution in [3.05, 3.63) is 65.2 Å². The molecule has 0 aliphatic rings. The summed E-state index contributed by atoms with van der Waals surface area (Å²) < 4.78 is 52.6. The average molecular weight is 524 g/mol. The van der Waals surface area contributed by atoms with E-state index in [0.29, 0.717) is 13.0 Å². The molecule has 2 aromatic carbocycles. The van der Waals surface area contributed by atoms with Crippen molar-refractivity contribution in [1.29, 1.82) is 0 Å². The first kappa shape index (κ1) is 29.2. The van der Waals surface area contributed by atoms with E-state index in [1.54, 1.807) is 0 Å². The van der Waals surface area contributed by atoms with Crippen LogP contribution in [0.2, 0.25) is 0 Å². The Kier molecular flexibility index (Phi) is 10.8. The summed E-state index contributed by atoms with van der Waals surface area (Å²) in [6.45, 7) is 6.34. The van der Waals surface area contributed by atoms with Crippen LogP contribution in [0.1, 0.15) is 50.7 Å². The second kappa shape index (κ2) is 13.3. The topological polar surface area (TPSA) is 86.8 Å². The fourth-order valence-corrected chi connectivity index (χ4v) is 4.86. The van der Waals surface area contributed by atoms with Crippen molar-refractivity contribution in [2.45, 2.75) is 59.0 Å². The molecule has 0 aromatic heterocycles. The summed E-state index contributed by atoms with van der Waals surface area (Å²) in [6.07, 6.45) is 2.24. The summed E-state index contributed by atoms with van der Waals surface area (Å²) in [6, 6.07) is 9.77. The van der Waals surface area contributed by atoms with Crippen LogP contribution < -0.4 is 9.62 Å². The second-order valence-electron chi connectivity index (χ2n) is 8.70. The first-order chi connectivity index (χ1) is 17.0. The van der Waals surface area contributed by atoms with Crippen LogP contribution in [0.4, 0.5) is 14.5 Å². The number of aryl methyl sites for hydroxylation is 1. The van der Waals surface area contributed by atoms with Crippen LogP contribution in [0.5, 0.6) is 0 Å². The van der Waals surface area contributed by atoms with Crippen molar-refractivity contribution in [3.8, 4) is 0 Å². The molecule has 0 saturated carbocycles. The number of nitrogens with one attached hydrogen (secondary N) is 1. The summed E-state index contributed by atoms with van der Waals surface area (Å²) >= 11 is 0. The summed E-state index contributed by atoms with van der Waals surface area (Å²) in [4.78, 5) is 27.8. The zero-order chi connectivity index (χ0) is 26.9. The molecule has 0 heterocycles. The lowest BCUT2D eigenvalue weighted by molar-refractivity contribution is -0.141. The quantitative estimate of drug-likeness (QED) is 0.427. The zero-order valence-electron chi connectivity index (χ0n) is 21.3. The number of amides is 2. The molecule has 10 heteroatoms.